The molecule has 8 heteroatoms. The number of carbonyl (C=O) groups excluding carboxylic acids is 3. The minimum Gasteiger partial charge on any atom is -0.347 e. The lowest BCUT2D eigenvalue weighted by Gasteiger charge is -2.22. The second kappa shape index (κ2) is 7.05. The number of imidazole rings is 1. The Hall–Kier alpha value is -3.68. The molecule has 1 saturated heterocycles. The van der Waals surface area contributed by atoms with Crippen molar-refractivity contribution in [3.8, 4) is 0 Å². The Balaban J connectivity index is 1.41. The zero-order valence-corrected chi connectivity index (χ0v) is 16.2. The van der Waals surface area contributed by atoms with Gasteiger partial charge in [0.15, 0.2) is 0 Å². The standard InChI is InChI=1S/C21H21N5O3/c1-13-7-9-14(10-8-13)21(2)19(28)26(20(29)25-21)12-18(27)22-11-17-23-15-5-3-4-6-16(15)24-17/h3-10H,11-12H2,1-2H3,(H,22,27)(H,23,24)(H,25,29). The third-order valence-corrected chi connectivity index (χ3v) is 5.10. The van der Waals surface area contributed by atoms with E-state index in [0.29, 0.717) is 11.4 Å². The number of urea groups is 1. The summed E-state index contributed by atoms with van der Waals surface area (Å²) in [5.74, 6) is -0.298. The molecule has 1 aliphatic heterocycles. The molecule has 2 aromatic carbocycles. The van der Waals surface area contributed by atoms with Crippen LogP contribution in [-0.4, -0.2) is 39.3 Å². The van der Waals surface area contributed by atoms with Crippen molar-refractivity contribution in [2.45, 2.75) is 25.9 Å². The zero-order valence-electron chi connectivity index (χ0n) is 16.2. The summed E-state index contributed by atoms with van der Waals surface area (Å²) >= 11 is 0. The number of fused-ring (bicyclic) bond motifs is 1. The minimum atomic E-state index is -1.19. The summed E-state index contributed by atoms with van der Waals surface area (Å²) < 4.78 is 0. The summed E-state index contributed by atoms with van der Waals surface area (Å²) in [5.41, 5.74) is 2.21. The maximum absolute atomic E-state index is 12.9. The van der Waals surface area contributed by atoms with E-state index in [1.165, 1.54) is 0 Å². The van der Waals surface area contributed by atoms with Gasteiger partial charge in [0.2, 0.25) is 5.91 Å². The molecular formula is C21H21N5O3. The highest BCUT2D eigenvalue weighted by Crippen LogP contribution is 2.28. The lowest BCUT2D eigenvalue weighted by atomic mass is 9.91. The number of hydrogen-bond donors (Lipinski definition) is 3. The monoisotopic (exact) mass is 391 g/mol. The van der Waals surface area contributed by atoms with E-state index in [1.807, 2.05) is 43.3 Å². The molecule has 1 atom stereocenters. The number of para-hydroxylation sites is 2. The average Bonchev–Trinajstić information content (AvgIpc) is 3.21. The smallest absolute Gasteiger partial charge is 0.325 e. The molecule has 1 aromatic heterocycles. The van der Waals surface area contributed by atoms with Gasteiger partial charge < -0.3 is 15.6 Å². The van der Waals surface area contributed by atoms with Crippen molar-refractivity contribution in [1.82, 2.24) is 25.5 Å². The Labute approximate surface area is 167 Å². The van der Waals surface area contributed by atoms with Gasteiger partial charge in [0.25, 0.3) is 5.91 Å². The number of carbonyl (C=O) groups is 3. The van der Waals surface area contributed by atoms with E-state index in [-0.39, 0.29) is 13.1 Å². The molecule has 0 radical (unpaired) electrons. The number of rotatable bonds is 5. The Morgan fingerprint density at radius 3 is 2.59 bits per heavy atom. The van der Waals surface area contributed by atoms with Gasteiger partial charge in [-0.15, -0.1) is 0 Å². The van der Waals surface area contributed by atoms with Crippen molar-refractivity contribution in [3.63, 3.8) is 0 Å². The highest BCUT2D eigenvalue weighted by molar-refractivity contribution is 6.09. The number of benzene rings is 2. The lowest BCUT2D eigenvalue weighted by Crippen LogP contribution is -2.43. The second-order valence-corrected chi connectivity index (χ2v) is 7.29. The molecule has 1 aliphatic rings. The fourth-order valence-electron chi connectivity index (χ4n) is 3.39. The number of amides is 4. The predicted octanol–water partition coefficient (Wildman–Crippen LogP) is 1.95. The molecule has 3 aromatic rings. The van der Waals surface area contributed by atoms with Crippen LogP contribution in [0.4, 0.5) is 4.79 Å². The van der Waals surface area contributed by atoms with Gasteiger partial charge in [0.05, 0.1) is 17.6 Å². The van der Waals surface area contributed by atoms with E-state index in [2.05, 4.69) is 20.6 Å². The first-order valence-corrected chi connectivity index (χ1v) is 9.28. The minimum absolute atomic E-state index is 0.173. The predicted molar refractivity (Wildman–Crippen MR) is 107 cm³/mol. The molecule has 0 bridgehead atoms. The molecule has 1 unspecified atom stereocenters. The van der Waals surface area contributed by atoms with Gasteiger partial charge in [-0.1, -0.05) is 42.0 Å². The van der Waals surface area contributed by atoms with Gasteiger partial charge >= 0.3 is 6.03 Å². The first-order valence-electron chi connectivity index (χ1n) is 9.28. The van der Waals surface area contributed by atoms with Crippen LogP contribution in [-0.2, 0) is 21.7 Å². The maximum atomic E-state index is 12.9. The summed E-state index contributed by atoms with van der Waals surface area (Å²) in [4.78, 5) is 46.0. The molecule has 0 aliphatic carbocycles. The van der Waals surface area contributed by atoms with Crippen molar-refractivity contribution in [2.75, 3.05) is 6.54 Å². The number of nitrogens with zero attached hydrogens (tertiary/aromatic N) is 2. The summed E-state index contributed by atoms with van der Waals surface area (Å²) in [5, 5.41) is 5.40. The average molecular weight is 391 g/mol. The Morgan fingerprint density at radius 2 is 1.86 bits per heavy atom. The summed E-state index contributed by atoms with van der Waals surface area (Å²) in [6.07, 6.45) is 0. The quantitative estimate of drug-likeness (QED) is 0.578. The van der Waals surface area contributed by atoms with Gasteiger partial charge in [-0.2, -0.15) is 0 Å². The molecule has 4 rings (SSSR count). The summed E-state index contributed by atoms with van der Waals surface area (Å²) in [6, 6.07) is 14.3. The van der Waals surface area contributed by atoms with Gasteiger partial charge in [-0.05, 0) is 31.5 Å². The lowest BCUT2D eigenvalue weighted by molar-refractivity contribution is -0.134. The number of aromatic nitrogens is 2. The van der Waals surface area contributed by atoms with Crippen molar-refractivity contribution in [3.05, 3.63) is 65.5 Å². The van der Waals surface area contributed by atoms with Gasteiger partial charge in [0, 0.05) is 0 Å². The van der Waals surface area contributed by atoms with E-state index in [4.69, 9.17) is 0 Å². The number of aryl methyl sites for hydroxylation is 1. The largest absolute Gasteiger partial charge is 0.347 e. The highest BCUT2D eigenvalue weighted by atomic mass is 16.2. The van der Waals surface area contributed by atoms with Crippen LogP contribution in [0.1, 0.15) is 23.9 Å². The normalized spacial score (nSPS) is 18.9. The number of H-pyrrole nitrogens is 1. The van der Waals surface area contributed by atoms with Crippen LogP contribution < -0.4 is 10.6 Å². The Morgan fingerprint density at radius 1 is 1.14 bits per heavy atom. The fourth-order valence-corrected chi connectivity index (χ4v) is 3.39. The van der Waals surface area contributed by atoms with Crippen LogP contribution >= 0.6 is 0 Å². The molecule has 2 heterocycles. The number of nitrogens with one attached hydrogen (secondary N) is 3. The molecule has 3 N–H and O–H groups in total. The number of hydrogen-bond acceptors (Lipinski definition) is 4. The van der Waals surface area contributed by atoms with Crippen LogP contribution in [0.5, 0.6) is 0 Å². The fraction of sp³-hybridized carbons (Fsp3) is 0.238. The van der Waals surface area contributed by atoms with E-state index in [1.54, 1.807) is 19.1 Å². The molecule has 29 heavy (non-hydrogen) atoms. The molecular weight excluding hydrogens is 370 g/mol. The van der Waals surface area contributed by atoms with Crippen LogP contribution in [0.2, 0.25) is 0 Å². The molecule has 148 valence electrons. The summed E-state index contributed by atoms with van der Waals surface area (Å²) in [6.45, 7) is 3.41. The Bertz CT molecular complexity index is 1070. The van der Waals surface area contributed by atoms with Gasteiger partial charge in [0.1, 0.15) is 17.9 Å². The molecule has 4 amide bonds. The first-order chi connectivity index (χ1) is 13.9. The molecule has 8 nitrogen and oxygen atoms in total. The van der Waals surface area contributed by atoms with Gasteiger partial charge in [-0.3, -0.25) is 14.5 Å². The third-order valence-electron chi connectivity index (χ3n) is 5.10. The van der Waals surface area contributed by atoms with E-state index < -0.39 is 23.4 Å². The van der Waals surface area contributed by atoms with Crippen molar-refractivity contribution >= 4 is 28.9 Å². The van der Waals surface area contributed by atoms with Crippen LogP contribution in [0.3, 0.4) is 0 Å². The van der Waals surface area contributed by atoms with Crippen molar-refractivity contribution in [2.24, 2.45) is 0 Å². The van der Waals surface area contributed by atoms with Crippen LogP contribution in [0, 0.1) is 6.92 Å². The molecule has 1 fully saturated rings. The van der Waals surface area contributed by atoms with E-state index >= 15 is 0 Å². The highest BCUT2D eigenvalue weighted by Gasteiger charge is 2.49. The van der Waals surface area contributed by atoms with Crippen molar-refractivity contribution in [1.29, 1.82) is 0 Å². The van der Waals surface area contributed by atoms with Gasteiger partial charge in [-0.25, -0.2) is 9.78 Å². The first kappa shape index (κ1) is 18.7. The van der Waals surface area contributed by atoms with Crippen molar-refractivity contribution < 1.29 is 14.4 Å². The zero-order chi connectivity index (χ0) is 20.6. The molecule has 0 spiro atoms. The van der Waals surface area contributed by atoms with Crippen LogP contribution in [0.25, 0.3) is 11.0 Å². The number of imide groups is 1. The van der Waals surface area contributed by atoms with E-state index in [0.717, 1.165) is 21.5 Å². The summed E-state index contributed by atoms with van der Waals surface area (Å²) in [7, 11) is 0. The maximum Gasteiger partial charge on any atom is 0.325 e. The third kappa shape index (κ3) is 3.44. The second-order valence-electron chi connectivity index (χ2n) is 7.29. The SMILES string of the molecule is Cc1ccc(C2(C)NC(=O)N(CC(=O)NCc3nc4ccccc4[nH]3)C2=O)cc1. The number of aromatic amines is 1. The molecule has 0 saturated carbocycles. The van der Waals surface area contributed by atoms with Crippen LogP contribution in [0.15, 0.2) is 48.5 Å². The Kier molecular flexibility index (Phi) is 4.54. The van der Waals surface area contributed by atoms with E-state index in [9.17, 15) is 14.4 Å². The topological polar surface area (TPSA) is 107 Å².